The highest BCUT2D eigenvalue weighted by atomic mass is 16.5. The van der Waals surface area contributed by atoms with Crippen molar-refractivity contribution < 1.29 is 4.74 Å². The van der Waals surface area contributed by atoms with E-state index in [-0.39, 0.29) is 0 Å². The van der Waals surface area contributed by atoms with Crippen molar-refractivity contribution in [2.45, 2.75) is 38.6 Å². The third-order valence-electron chi connectivity index (χ3n) is 3.57. The van der Waals surface area contributed by atoms with Crippen molar-refractivity contribution in [2.75, 3.05) is 25.5 Å². The standard InChI is InChI=1S/C15H24N2O/c1-11(2)14-9-12(6-7-15(14)18-3)17-10-13-5-4-8-16-13/h6-7,9,11,13,16-17H,4-5,8,10H2,1-3H3. The Hall–Kier alpha value is -1.22. The summed E-state index contributed by atoms with van der Waals surface area (Å²) in [6.45, 7) is 6.55. The third-order valence-corrected chi connectivity index (χ3v) is 3.57. The molecule has 0 saturated carbocycles. The van der Waals surface area contributed by atoms with Crippen LogP contribution in [0.25, 0.3) is 0 Å². The molecule has 0 spiro atoms. The topological polar surface area (TPSA) is 33.3 Å². The molecule has 2 N–H and O–H groups in total. The number of hydrogen-bond donors (Lipinski definition) is 2. The van der Waals surface area contributed by atoms with Gasteiger partial charge in [-0.1, -0.05) is 13.8 Å². The summed E-state index contributed by atoms with van der Waals surface area (Å²) in [6, 6.07) is 6.98. The van der Waals surface area contributed by atoms with E-state index in [2.05, 4.69) is 42.7 Å². The summed E-state index contributed by atoms with van der Waals surface area (Å²) in [4.78, 5) is 0. The number of hydrogen-bond acceptors (Lipinski definition) is 3. The van der Waals surface area contributed by atoms with Gasteiger partial charge in [-0.3, -0.25) is 0 Å². The first-order chi connectivity index (χ1) is 8.70. The molecule has 1 atom stereocenters. The van der Waals surface area contributed by atoms with Gasteiger partial charge < -0.3 is 15.4 Å². The third kappa shape index (κ3) is 3.16. The lowest BCUT2D eigenvalue weighted by atomic mass is 10.0. The lowest BCUT2D eigenvalue weighted by Gasteiger charge is -2.16. The molecular formula is C15H24N2O. The molecule has 1 aliphatic rings. The molecule has 0 bridgehead atoms. The molecule has 3 heteroatoms. The highest BCUT2D eigenvalue weighted by Crippen LogP contribution is 2.29. The molecule has 0 aliphatic carbocycles. The lowest BCUT2D eigenvalue weighted by molar-refractivity contribution is 0.407. The van der Waals surface area contributed by atoms with Gasteiger partial charge in [0.1, 0.15) is 5.75 Å². The van der Waals surface area contributed by atoms with E-state index in [0.29, 0.717) is 12.0 Å². The molecule has 100 valence electrons. The molecule has 1 fully saturated rings. The second kappa shape index (κ2) is 6.10. The van der Waals surface area contributed by atoms with Crippen LogP contribution in [-0.2, 0) is 0 Å². The van der Waals surface area contributed by atoms with E-state index >= 15 is 0 Å². The van der Waals surface area contributed by atoms with Crippen molar-refractivity contribution in [2.24, 2.45) is 0 Å². The number of methoxy groups -OCH3 is 1. The van der Waals surface area contributed by atoms with Gasteiger partial charge in [-0.15, -0.1) is 0 Å². The first-order valence-corrected chi connectivity index (χ1v) is 6.86. The van der Waals surface area contributed by atoms with Gasteiger partial charge in [0, 0.05) is 18.3 Å². The fourth-order valence-electron chi connectivity index (χ4n) is 2.47. The predicted molar refractivity (Wildman–Crippen MR) is 76.6 cm³/mol. The largest absolute Gasteiger partial charge is 0.496 e. The number of nitrogens with one attached hydrogen (secondary N) is 2. The SMILES string of the molecule is COc1ccc(NCC2CCCN2)cc1C(C)C. The first-order valence-electron chi connectivity index (χ1n) is 6.86. The second-order valence-corrected chi connectivity index (χ2v) is 5.29. The van der Waals surface area contributed by atoms with Crippen LogP contribution in [0.5, 0.6) is 5.75 Å². The van der Waals surface area contributed by atoms with Crippen LogP contribution < -0.4 is 15.4 Å². The quantitative estimate of drug-likeness (QED) is 0.840. The van der Waals surface area contributed by atoms with Gasteiger partial charge in [0.15, 0.2) is 0 Å². The summed E-state index contributed by atoms with van der Waals surface area (Å²) in [6.07, 6.45) is 2.58. The number of rotatable bonds is 5. The van der Waals surface area contributed by atoms with E-state index in [4.69, 9.17) is 4.74 Å². The first kappa shape index (κ1) is 13.2. The maximum Gasteiger partial charge on any atom is 0.122 e. The normalized spacial score (nSPS) is 19.2. The van der Waals surface area contributed by atoms with Gasteiger partial charge in [-0.2, -0.15) is 0 Å². The van der Waals surface area contributed by atoms with E-state index < -0.39 is 0 Å². The molecule has 2 rings (SSSR count). The number of benzene rings is 1. The smallest absolute Gasteiger partial charge is 0.122 e. The minimum atomic E-state index is 0.478. The maximum absolute atomic E-state index is 5.40. The van der Waals surface area contributed by atoms with Crippen molar-refractivity contribution in [3.8, 4) is 5.75 Å². The molecule has 1 heterocycles. The van der Waals surface area contributed by atoms with Crippen molar-refractivity contribution >= 4 is 5.69 Å². The summed E-state index contributed by atoms with van der Waals surface area (Å²) < 4.78 is 5.40. The van der Waals surface area contributed by atoms with Gasteiger partial charge in [0.25, 0.3) is 0 Å². The average molecular weight is 248 g/mol. The highest BCUT2D eigenvalue weighted by molar-refractivity contribution is 5.52. The fourth-order valence-corrected chi connectivity index (χ4v) is 2.47. The molecular weight excluding hydrogens is 224 g/mol. The Morgan fingerprint density at radius 3 is 2.89 bits per heavy atom. The average Bonchev–Trinajstić information content (AvgIpc) is 2.89. The number of ether oxygens (including phenoxy) is 1. The zero-order valence-corrected chi connectivity index (χ0v) is 11.6. The van der Waals surface area contributed by atoms with Gasteiger partial charge in [-0.05, 0) is 49.1 Å². The summed E-state index contributed by atoms with van der Waals surface area (Å²) in [5.41, 5.74) is 2.45. The van der Waals surface area contributed by atoms with E-state index in [0.717, 1.165) is 18.8 Å². The van der Waals surface area contributed by atoms with Crippen molar-refractivity contribution in [3.63, 3.8) is 0 Å². The van der Waals surface area contributed by atoms with E-state index in [1.165, 1.54) is 24.1 Å². The summed E-state index contributed by atoms with van der Waals surface area (Å²) in [7, 11) is 1.73. The van der Waals surface area contributed by atoms with Gasteiger partial charge in [0.2, 0.25) is 0 Å². The van der Waals surface area contributed by atoms with E-state index in [9.17, 15) is 0 Å². The molecule has 0 radical (unpaired) electrons. The highest BCUT2D eigenvalue weighted by Gasteiger charge is 2.14. The van der Waals surface area contributed by atoms with Crippen LogP contribution in [0.15, 0.2) is 18.2 Å². The summed E-state index contributed by atoms with van der Waals surface area (Å²) >= 11 is 0. The lowest BCUT2D eigenvalue weighted by Crippen LogP contribution is -2.29. The summed E-state index contributed by atoms with van der Waals surface area (Å²) in [5, 5.41) is 7.01. The van der Waals surface area contributed by atoms with Crippen molar-refractivity contribution in [3.05, 3.63) is 23.8 Å². The van der Waals surface area contributed by atoms with Crippen LogP contribution in [0.3, 0.4) is 0 Å². The molecule has 1 aromatic carbocycles. The van der Waals surface area contributed by atoms with Crippen LogP contribution in [0.1, 0.15) is 38.2 Å². The Balaban J connectivity index is 2.01. The van der Waals surface area contributed by atoms with Crippen LogP contribution in [0.4, 0.5) is 5.69 Å². The van der Waals surface area contributed by atoms with Gasteiger partial charge >= 0.3 is 0 Å². The molecule has 0 amide bonds. The Morgan fingerprint density at radius 1 is 1.44 bits per heavy atom. The monoisotopic (exact) mass is 248 g/mol. The van der Waals surface area contributed by atoms with Crippen molar-refractivity contribution in [1.82, 2.24) is 5.32 Å². The van der Waals surface area contributed by atoms with Crippen LogP contribution in [0.2, 0.25) is 0 Å². The second-order valence-electron chi connectivity index (χ2n) is 5.29. The molecule has 1 aliphatic heterocycles. The Morgan fingerprint density at radius 2 is 2.28 bits per heavy atom. The molecule has 0 aromatic heterocycles. The van der Waals surface area contributed by atoms with Crippen LogP contribution in [0, 0.1) is 0 Å². The minimum absolute atomic E-state index is 0.478. The summed E-state index contributed by atoms with van der Waals surface area (Å²) in [5.74, 6) is 1.46. The van der Waals surface area contributed by atoms with E-state index in [1.54, 1.807) is 7.11 Å². The molecule has 1 saturated heterocycles. The Kier molecular flexibility index (Phi) is 4.48. The Bertz CT molecular complexity index is 384. The predicted octanol–water partition coefficient (Wildman–Crippen LogP) is 2.98. The van der Waals surface area contributed by atoms with Gasteiger partial charge in [0.05, 0.1) is 7.11 Å². The molecule has 1 unspecified atom stereocenters. The zero-order chi connectivity index (χ0) is 13.0. The molecule has 1 aromatic rings. The van der Waals surface area contributed by atoms with Crippen LogP contribution >= 0.6 is 0 Å². The van der Waals surface area contributed by atoms with Gasteiger partial charge in [-0.25, -0.2) is 0 Å². The Labute approximate surface area is 110 Å². The van der Waals surface area contributed by atoms with E-state index in [1.807, 2.05) is 0 Å². The maximum atomic E-state index is 5.40. The van der Waals surface area contributed by atoms with Crippen LogP contribution in [-0.4, -0.2) is 26.2 Å². The zero-order valence-electron chi connectivity index (χ0n) is 11.6. The number of anilines is 1. The minimum Gasteiger partial charge on any atom is -0.496 e. The molecule has 18 heavy (non-hydrogen) atoms. The molecule has 3 nitrogen and oxygen atoms in total. The fraction of sp³-hybridized carbons (Fsp3) is 0.600. The van der Waals surface area contributed by atoms with Crippen molar-refractivity contribution in [1.29, 1.82) is 0 Å².